The summed E-state index contributed by atoms with van der Waals surface area (Å²) < 4.78 is 14.1. The van der Waals surface area contributed by atoms with Crippen LogP contribution in [0.2, 0.25) is 0 Å². The Balaban J connectivity index is 1.93. The van der Waals surface area contributed by atoms with E-state index in [9.17, 15) is 5.11 Å². The fraction of sp³-hybridized carbons (Fsp3) is 0.483. The molecule has 0 unspecified atom stereocenters. The van der Waals surface area contributed by atoms with Gasteiger partial charge in [0.1, 0.15) is 5.75 Å². The first-order valence-corrected chi connectivity index (χ1v) is 12.7. The number of hydrogen-bond acceptors (Lipinski definition) is 5. The number of aryl methyl sites for hydroxylation is 2. The highest BCUT2D eigenvalue weighted by Crippen LogP contribution is 2.32. The van der Waals surface area contributed by atoms with Crippen LogP contribution < -0.4 is 4.74 Å². The Morgan fingerprint density at radius 3 is 2.26 bits per heavy atom. The number of nitrogens with zero attached hydrogens (tertiary/aromatic N) is 3. The van der Waals surface area contributed by atoms with Crippen LogP contribution >= 0.6 is 0 Å². The number of aliphatic hydroxyl groups is 1. The van der Waals surface area contributed by atoms with Crippen molar-refractivity contribution >= 4 is 0 Å². The summed E-state index contributed by atoms with van der Waals surface area (Å²) in [6.45, 7) is 14.8. The molecule has 1 heterocycles. The molecule has 0 saturated carbocycles. The number of hydrogen-bond donors (Lipinski definition) is 1. The smallest absolute Gasteiger partial charge is 0.227 e. The van der Waals surface area contributed by atoms with Crippen LogP contribution in [-0.2, 0) is 17.7 Å². The molecule has 6 nitrogen and oxygen atoms in total. The summed E-state index contributed by atoms with van der Waals surface area (Å²) in [5.74, 6) is 1.93. The molecule has 3 rings (SSSR count). The average molecular weight is 480 g/mol. The third-order valence-electron chi connectivity index (χ3n) is 5.89. The van der Waals surface area contributed by atoms with E-state index in [0.29, 0.717) is 38.1 Å². The van der Waals surface area contributed by atoms with E-state index in [1.165, 1.54) is 5.56 Å². The zero-order chi connectivity index (χ0) is 25.4. The molecule has 0 radical (unpaired) electrons. The van der Waals surface area contributed by atoms with Crippen LogP contribution in [-0.4, -0.2) is 51.7 Å². The van der Waals surface area contributed by atoms with E-state index in [4.69, 9.17) is 14.6 Å². The van der Waals surface area contributed by atoms with Crippen molar-refractivity contribution in [2.45, 2.75) is 66.7 Å². The van der Waals surface area contributed by atoms with E-state index in [1.807, 2.05) is 59.3 Å². The summed E-state index contributed by atoms with van der Waals surface area (Å²) >= 11 is 0. The van der Waals surface area contributed by atoms with Gasteiger partial charge in [0.15, 0.2) is 0 Å². The predicted molar refractivity (Wildman–Crippen MR) is 141 cm³/mol. The van der Waals surface area contributed by atoms with Crippen molar-refractivity contribution < 1.29 is 14.6 Å². The van der Waals surface area contributed by atoms with Gasteiger partial charge in [-0.3, -0.25) is 4.90 Å². The molecule has 2 aromatic carbocycles. The third-order valence-corrected chi connectivity index (χ3v) is 5.89. The molecule has 6 heteroatoms. The monoisotopic (exact) mass is 479 g/mol. The summed E-state index contributed by atoms with van der Waals surface area (Å²) in [6, 6.07) is 18.4. The van der Waals surface area contributed by atoms with Gasteiger partial charge < -0.3 is 14.6 Å². The molecule has 0 amide bonds. The van der Waals surface area contributed by atoms with Crippen LogP contribution in [0.4, 0.5) is 0 Å². The lowest BCUT2D eigenvalue weighted by atomic mass is 10.1. The van der Waals surface area contributed by atoms with Crippen molar-refractivity contribution in [3.8, 4) is 17.3 Å². The number of benzene rings is 2. The summed E-state index contributed by atoms with van der Waals surface area (Å²) in [5.41, 5.74) is 4.17. The van der Waals surface area contributed by atoms with Gasteiger partial charge in [-0.2, -0.15) is 5.10 Å². The summed E-state index contributed by atoms with van der Waals surface area (Å²) in [4.78, 5) is 2.26. The minimum absolute atomic E-state index is 0.228. The first-order valence-electron chi connectivity index (χ1n) is 12.7. The minimum atomic E-state index is -0.563. The highest BCUT2D eigenvalue weighted by atomic mass is 16.5. The van der Waals surface area contributed by atoms with Gasteiger partial charge in [0.05, 0.1) is 29.7 Å². The lowest BCUT2D eigenvalue weighted by Crippen LogP contribution is -2.39. The van der Waals surface area contributed by atoms with Crippen LogP contribution in [0.3, 0.4) is 0 Å². The van der Waals surface area contributed by atoms with Gasteiger partial charge in [0.2, 0.25) is 5.88 Å². The fourth-order valence-corrected chi connectivity index (χ4v) is 3.91. The number of aromatic nitrogens is 2. The quantitative estimate of drug-likeness (QED) is 0.337. The Morgan fingerprint density at radius 2 is 1.66 bits per heavy atom. The van der Waals surface area contributed by atoms with E-state index in [2.05, 4.69) is 46.4 Å². The molecule has 0 aliphatic heterocycles. The molecule has 0 aliphatic rings. The largest absolute Gasteiger partial charge is 0.439 e. The second kappa shape index (κ2) is 12.9. The molecule has 1 atom stereocenters. The number of ether oxygens (including phenoxy) is 2. The number of rotatable bonds is 13. The van der Waals surface area contributed by atoms with Gasteiger partial charge >= 0.3 is 0 Å². The van der Waals surface area contributed by atoms with Crippen LogP contribution in [0.25, 0.3) is 5.69 Å². The molecule has 0 fully saturated rings. The van der Waals surface area contributed by atoms with Gasteiger partial charge in [-0.05, 0) is 57.4 Å². The zero-order valence-corrected chi connectivity index (χ0v) is 22.1. The van der Waals surface area contributed by atoms with E-state index < -0.39 is 6.10 Å². The van der Waals surface area contributed by atoms with Crippen LogP contribution in [0.1, 0.15) is 51.4 Å². The van der Waals surface area contributed by atoms with Crippen molar-refractivity contribution in [2.75, 3.05) is 19.8 Å². The molecule has 1 N–H and O–H groups in total. The van der Waals surface area contributed by atoms with Crippen LogP contribution in [0, 0.1) is 12.8 Å². The van der Waals surface area contributed by atoms with Crippen molar-refractivity contribution in [3.05, 3.63) is 71.4 Å². The van der Waals surface area contributed by atoms with Crippen LogP contribution in [0.15, 0.2) is 54.6 Å². The maximum Gasteiger partial charge on any atom is 0.227 e. The van der Waals surface area contributed by atoms with E-state index in [0.717, 1.165) is 29.1 Å². The Bertz CT molecular complexity index is 1030. The SMILES string of the molecule is CCc1nn(-c2ccccc2)c(Oc2ccc(C)cc2)c1CN(C[C@@H](O)COCC(C)C)C(C)C. The Hall–Kier alpha value is -2.67. The van der Waals surface area contributed by atoms with Gasteiger partial charge in [0.25, 0.3) is 0 Å². The van der Waals surface area contributed by atoms with Gasteiger partial charge in [-0.15, -0.1) is 0 Å². The second-order valence-electron chi connectivity index (χ2n) is 9.85. The highest BCUT2D eigenvalue weighted by molar-refractivity contribution is 5.44. The molecule has 3 aromatic rings. The maximum atomic E-state index is 10.7. The van der Waals surface area contributed by atoms with Crippen molar-refractivity contribution in [2.24, 2.45) is 5.92 Å². The van der Waals surface area contributed by atoms with Gasteiger partial charge in [-0.25, -0.2) is 4.68 Å². The lowest BCUT2D eigenvalue weighted by Gasteiger charge is -2.29. The first kappa shape index (κ1) is 26.9. The van der Waals surface area contributed by atoms with E-state index in [1.54, 1.807) is 0 Å². The summed E-state index contributed by atoms with van der Waals surface area (Å²) in [7, 11) is 0. The average Bonchev–Trinajstić information content (AvgIpc) is 3.17. The standard InChI is InChI=1S/C29H41N3O3/c1-7-28-27(18-31(22(4)5)17-25(33)20-34-19-21(2)3)29(35-26-15-13-23(6)14-16-26)32(30-28)24-11-9-8-10-12-24/h8-16,21-22,25,33H,7,17-20H2,1-6H3/t25-/m1/s1. The normalized spacial score (nSPS) is 12.6. The second-order valence-corrected chi connectivity index (χ2v) is 9.85. The molecule has 0 bridgehead atoms. The highest BCUT2D eigenvalue weighted by Gasteiger charge is 2.25. The van der Waals surface area contributed by atoms with E-state index in [-0.39, 0.29) is 6.04 Å². The lowest BCUT2D eigenvalue weighted by molar-refractivity contribution is 0.00160. The Kier molecular flexibility index (Phi) is 9.90. The fourth-order valence-electron chi connectivity index (χ4n) is 3.91. The molecular formula is C29H41N3O3. The Labute approximate surface area is 210 Å². The number of para-hydroxylation sites is 1. The van der Waals surface area contributed by atoms with E-state index >= 15 is 0 Å². The topological polar surface area (TPSA) is 59.8 Å². The zero-order valence-electron chi connectivity index (χ0n) is 22.1. The van der Waals surface area contributed by atoms with Crippen molar-refractivity contribution in [1.29, 1.82) is 0 Å². The molecule has 1 aromatic heterocycles. The predicted octanol–water partition coefficient (Wildman–Crippen LogP) is 5.78. The molecule has 0 saturated heterocycles. The van der Waals surface area contributed by atoms with Gasteiger partial charge in [-0.1, -0.05) is 56.7 Å². The molecule has 0 spiro atoms. The summed E-state index contributed by atoms with van der Waals surface area (Å²) in [6.07, 6.45) is 0.220. The Morgan fingerprint density at radius 1 is 0.971 bits per heavy atom. The van der Waals surface area contributed by atoms with Crippen molar-refractivity contribution in [3.63, 3.8) is 0 Å². The molecule has 190 valence electrons. The van der Waals surface area contributed by atoms with Gasteiger partial charge in [0, 0.05) is 25.7 Å². The first-order chi connectivity index (χ1) is 16.8. The minimum Gasteiger partial charge on any atom is -0.439 e. The molecule has 0 aliphatic carbocycles. The number of aliphatic hydroxyl groups excluding tert-OH is 1. The third kappa shape index (κ3) is 7.66. The maximum absolute atomic E-state index is 10.7. The molecular weight excluding hydrogens is 438 g/mol. The van der Waals surface area contributed by atoms with Crippen LogP contribution in [0.5, 0.6) is 11.6 Å². The summed E-state index contributed by atoms with van der Waals surface area (Å²) in [5, 5.41) is 15.6. The van der Waals surface area contributed by atoms with Crippen molar-refractivity contribution in [1.82, 2.24) is 14.7 Å². The molecule has 35 heavy (non-hydrogen) atoms.